The molecule has 2 aromatic carbocycles. The maximum atomic E-state index is 12.6. The number of fused-ring (bicyclic) bond motifs is 3. The lowest BCUT2D eigenvalue weighted by Crippen LogP contribution is -2.51. The molecule has 3 rings (SSSR count). The second-order valence-electron chi connectivity index (χ2n) is 8.00. The molecule has 0 aromatic heterocycles. The fourth-order valence-corrected chi connectivity index (χ4v) is 4.16. The molecule has 0 heterocycles. The van der Waals surface area contributed by atoms with E-state index < -0.39 is 30.1 Å². The number of alkyl carbamates (subject to hydrolysis) is 1. The Bertz CT molecular complexity index is 929. The fraction of sp³-hybridized carbons (Fsp3) is 0.400. The molecule has 0 saturated heterocycles. The minimum atomic E-state index is -1.09. The molecule has 2 atom stereocenters. The zero-order valence-corrected chi connectivity index (χ0v) is 18.5. The second-order valence-corrected chi connectivity index (χ2v) is 8.00. The summed E-state index contributed by atoms with van der Waals surface area (Å²) in [7, 11) is 0. The van der Waals surface area contributed by atoms with E-state index in [1.807, 2.05) is 50.2 Å². The third-order valence-electron chi connectivity index (χ3n) is 5.72. The van der Waals surface area contributed by atoms with Gasteiger partial charge in [-0.25, -0.2) is 9.59 Å². The Morgan fingerprint density at radius 1 is 0.875 bits per heavy atom. The van der Waals surface area contributed by atoms with Crippen molar-refractivity contribution >= 4 is 18.0 Å². The van der Waals surface area contributed by atoms with Gasteiger partial charge in [-0.15, -0.1) is 0 Å². The van der Waals surface area contributed by atoms with Gasteiger partial charge in [-0.05, 0) is 35.1 Å². The van der Waals surface area contributed by atoms with Crippen molar-refractivity contribution in [3.8, 4) is 11.1 Å². The molecule has 0 bridgehead atoms. The molecule has 0 radical (unpaired) electrons. The fourth-order valence-electron chi connectivity index (χ4n) is 4.16. The van der Waals surface area contributed by atoms with E-state index in [1.165, 1.54) is 0 Å². The van der Waals surface area contributed by atoms with Crippen LogP contribution < -0.4 is 10.6 Å². The van der Waals surface area contributed by atoms with Crippen LogP contribution in [-0.2, 0) is 14.3 Å². The number of ether oxygens (including phenoxy) is 1. The average molecular weight is 439 g/mol. The summed E-state index contributed by atoms with van der Waals surface area (Å²) in [5.41, 5.74) is 4.48. The van der Waals surface area contributed by atoms with E-state index in [1.54, 1.807) is 0 Å². The van der Waals surface area contributed by atoms with Crippen LogP contribution in [0.25, 0.3) is 11.1 Å². The van der Waals surface area contributed by atoms with Gasteiger partial charge in [0.15, 0.2) is 0 Å². The van der Waals surface area contributed by atoms with Gasteiger partial charge in [-0.1, -0.05) is 75.2 Å². The minimum Gasteiger partial charge on any atom is -0.480 e. The van der Waals surface area contributed by atoms with Gasteiger partial charge in [0.25, 0.3) is 0 Å². The third kappa shape index (κ3) is 5.28. The number of carbonyl (C=O) groups excluding carboxylic acids is 2. The molecule has 0 spiro atoms. The first-order chi connectivity index (χ1) is 15.5. The summed E-state index contributed by atoms with van der Waals surface area (Å²) < 4.78 is 5.52. The summed E-state index contributed by atoms with van der Waals surface area (Å²) in [6.07, 6.45) is 1.28. The number of benzene rings is 2. The van der Waals surface area contributed by atoms with E-state index >= 15 is 0 Å². The molecule has 0 fully saturated rings. The largest absolute Gasteiger partial charge is 0.480 e. The summed E-state index contributed by atoms with van der Waals surface area (Å²) >= 11 is 0. The Kier molecular flexibility index (Phi) is 7.87. The minimum absolute atomic E-state index is 0.0763. The molecule has 0 aliphatic heterocycles. The molecule has 1 aliphatic rings. The van der Waals surface area contributed by atoms with Crippen LogP contribution >= 0.6 is 0 Å². The second kappa shape index (κ2) is 10.8. The van der Waals surface area contributed by atoms with E-state index in [2.05, 4.69) is 22.8 Å². The van der Waals surface area contributed by atoms with Crippen LogP contribution in [0.1, 0.15) is 56.6 Å². The average Bonchev–Trinajstić information content (AvgIpc) is 3.10. The Balaban J connectivity index is 1.64. The van der Waals surface area contributed by atoms with E-state index in [9.17, 15) is 19.5 Å². The van der Waals surface area contributed by atoms with E-state index in [0.717, 1.165) is 22.3 Å². The molecule has 3 N–H and O–H groups in total. The van der Waals surface area contributed by atoms with Gasteiger partial charge in [0, 0.05) is 5.92 Å². The monoisotopic (exact) mass is 438 g/mol. The number of carboxylic acid groups (broad SMARTS) is 1. The zero-order valence-electron chi connectivity index (χ0n) is 18.5. The van der Waals surface area contributed by atoms with Crippen molar-refractivity contribution in [2.24, 2.45) is 0 Å². The van der Waals surface area contributed by atoms with Gasteiger partial charge in [0.2, 0.25) is 5.91 Å². The Morgan fingerprint density at radius 2 is 1.41 bits per heavy atom. The highest BCUT2D eigenvalue weighted by Crippen LogP contribution is 2.44. The number of rotatable bonds is 10. The lowest BCUT2D eigenvalue weighted by molar-refractivity contribution is -0.142. The van der Waals surface area contributed by atoms with Crippen molar-refractivity contribution in [3.05, 3.63) is 59.7 Å². The van der Waals surface area contributed by atoms with Gasteiger partial charge in [0.05, 0.1) is 0 Å². The number of amides is 2. The van der Waals surface area contributed by atoms with Crippen molar-refractivity contribution in [1.82, 2.24) is 10.6 Å². The summed E-state index contributed by atoms with van der Waals surface area (Å²) in [5, 5.41) is 14.4. The van der Waals surface area contributed by atoms with Gasteiger partial charge in [0.1, 0.15) is 18.7 Å². The van der Waals surface area contributed by atoms with Crippen LogP contribution in [0.15, 0.2) is 48.5 Å². The quantitative estimate of drug-likeness (QED) is 0.519. The van der Waals surface area contributed by atoms with Crippen molar-refractivity contribution in [2.75, 3.05) is 6.61 Å². The molecule has 0 saturated carbocycles. The molecule has 2 amide bonds. The normalized spacial score (nSPS) is 14.1. The number of hydrogen-bond donors (Lipinski definition) is 3. The SMILES string of the molecule is CCCC(NC(=O)OCC1c2ccccc2-c2ccccc21)C(=O)N[C@@H](CCC)C(=O)O. The molecule has 1 aliphatic carbocycles. The van der Waals surface area contributed by atoms with E-state index in [0.29, 0.717) is 25.7 Å². The van der Waals surface area contributed by atoms with Crippen molar-refractivity contribution in [2.45, 2.75) is 57.5 Å². The van der Waals surface area contributed by atoms with Crippen LogP contribution in [0.2, 0.25) is 0 Å². The van der Waals surface area contributed by atoms with Crippen molar-refractivity contribution in [1.29, 1.82) is 0 Å². The van der Waals surface area contributed by atoms with Crippen LogP contribution in [0.5, 0.6) is 0 Å². The summed E-state index contributed by atoms with van der Waals surface area (Å²) in [6, 6.07) is 14.3. The Labute approximate surface area is 188 Å². The first kappa shape index (κ1) is 23.3. The van der Waals surface area contributed by atoms with Crippen LogP contribution in [-0.4, -0.2) is 41.8 Å². The molecular formula is C25H30N2O5. The molecule has 32 heavy (non-hydrogen) atoms. The summed E-state index contributed by atoms with van der Waals surface area (Å²) in [4.78, 5) is 36.5. The lowest BCUT2D eigenvalue weighted by atomic mass is 9.98. The number of aliphatic carboxylic acids is 1. The van der Waals surface area contributed by atoms with E-state index in [-0.39, 0.29) is 12.5 Å². The van der Waals surface area contributed by atoms with Gasteiger partial charge < -0.3 is 20.5 Å². The maximum Gasteiger partial charge on any atom is 0.407 e. The van der Waals surface area contributed by atoms with E-state index in [4.69, 9.17) is 4.74 Å². The predicted octanol–water partition coefficient (Wildman–Crippen LogP) is 4.06. The Morgan fingerprint density at radius 3 is 1.94 bits per heavy atom. The molecule has 2 aromatic rings. The van der Waals surface area contributed by atoms with Crippen molar-refractivity contribution in [3.63, 3.8) is 0 Å². The highest BCUT2D eigenvalue weighted by molar-refractivity contribution is 5.89. The topological polar surface area (TPSA) is 105 Å². The molecular weight excluding hydrogens is 408 g/mol. The van der Waals surface area contributed by atoms with Gasteiger partial charge in [-0.3, -0.25) is 4.79 Å². The zero-order chi connectivity index (χ0) is 23.1. The number of carbonyl (C=O) groups is 3. The number of nitrogens with one attached hydrogen (secondary N) is 2. The first-order valence-electron chi connectivity index (χ1n) is 11.1. The highest BCUT2D eigenvalue weighted by atomic mass is 16.5. The van der Waals surface area contributed by atoms with Gasteiger partial charge in [-0.2, -0.15) is 0 Å². The molecule has 7 nitrogen and oxygen atoms in total. The predicted molar refractivity (Wildman–Crippen MR) is 121 cm³/mol. The number of hydrogen-bond acceptors (Lipinski definition) is 4. The van der Waals surface area contributed by atoms with Crippen molar-refractivity contribution < 1.29 is 24.2 Å². The molecule has 170 valence electrons. The number of carboxylic acids is 1. The first-order valence-corrected chi connectivity index (χ1v) is 11.1. The maximum absolute atomic E-state index is 12.6. The smallest absolute Gasteiger partial charge is 0.407 e. The van der Waals surface area contributed by atoms with Crippen LogP contribution in [0.4, 0.5) is 4.79 Å². The lowest BCUT2D eigenvalue weighted by Gasteiger charge is -2.21. The van der Waals surface area contributed by atoms with Crippen LogP contribution in [0, 0.1) is 0 Å². The molecule has 7 heteroatoms. The van der Waals surface area contributed by atoms with Gasteiger partial charge >= 0.3 is 12.1 Å². The standard InChI is InChI=1S/C25H30N2O5/c1-3-9-21(23(28)26-22(10-4-2)24(29)30)27-25(31)32-15-20-18-13-7-5-11-16(18)17-12-6-8-14-19(17)20/h5-8,11-14,20-22H,3-4,9-10,15H2,1-2H3,(H,26,28)(H,27,31)(H,29,30)/t21?,22-/m0/s1. The Hall–Kier alpha value is -3.35. The molecule has 1 unspecified atom stereocenters. The van der Waals surface area contributed by atoms with Crippen LogP contribution in [0.3, 0.4) is 0 Å². The third-order valence-corrected chi connectivity index (χ3v) is 5.72. The summed E-state index contributed by atoms with van der Waals surface area (Å²) in [5.74, 6) is -1.68. The summed E-state index contributed by atoms with van der Waals surface area (Å²) in [6.45, 7) is 3.88. The highest BCUT2D eigenvalue weighted by Gasteiger charge is 2.30.